The Bertz CT molecular complexity index is 1550. The van der Waals surface area contributed by atoms with Gasteiger partial charge >= 0.3 is 6.09 Å². The third-order valence-corrected chi connectivity index (χ3v) is 7.92. The number of nitrogens with zero attached hydrogens (tertiary/aromatic N) is 7. The molecule has 3 aromatic heterocycles. The molecule has 1 saturated carbocycles. The lowest BCUT2D eigenvalue weighted by molar-refractivity contribution is 0.0139. The summed E-state index contributed by atoms with van der Waals surface area (Å²) in [6.45, 7) is 9.34. The van der Waals surface area contributed by atoms with Crippen LogP contribution in [0.3, 0.4) is 0 Å². The molecule has 0 radical (unpaired) electrons. The zero-order valence-corrected chi connectivity index (χ0v) is 24.8. The Morgan fingerprint density at radius 3 is 2.62 bits per heavy atom. The van der Waals surface area contributed by atoms with E-state index in [1.807, 2.05) is 51.2 Å². The number of anilines is 3. The van der Waals surface area contributed by atoms with E-state index in [4.69, 9.17) is 9.72 Å². The van der Waals surface area contributed by atoms with Crippen molar-refractivity contribution in [3.8, 4) is 11.3 Å². The molecule has 0 bridgehead atoms. The number of H-pyrrole nitrogens is 1. The summed E-state index contributed by atoms with van der Waals surface area (Å²) in [4.78, 5) is 40.4. The van der Waals surface area contributed by atoms with Crippen LogP contribution in [-0.2, 0) is 11.3 Å². The molecule has 6 rings (SSSR count). The quantitative estimate of drug-likeness (QED) is 0.310. The highest BCUT2D eigenvalue weighted by Crippen LogP contribution is 2.30. The Balaban J connectivity index is 1.09. The summed E-state index contributed by atoms with van der Waals surface area (Å²) in [6, 6.07) is 12.8. The van der Waals surface area contributed by atoms with Gasteiger partial charge in [-0.1, -0.05) is 6.07 Å². The number of benzene rings is 1. The highest BCUT2D eigenvalue weighted by molar-refractivity contribution is 5.83. The Labute approximate surface area is 246 Å². The van der Waals surface area contributed by atoms with Crippen LogP contribution in [0.4, 0.5) is 22.4 Å². The van der Waals surface area contributed by atoms with Crippen LogP contribution in [0.25, 0.3) is 22.3 Å². The summed E-state index contributed by atoms with van der Waals surface area (Å²) < 4.78 is 5.52. The smallest absolute Gasteiger partial charge is 0.410 e. The summed E-state index contributed by atoms with van der Waals surface area (Å²) >= 11 is 0. The van der Waals surface area contributed by atoms with Crippen molar-refractivity contribution in [2.75, 3.05) is 43.4 Å². The van der Waals surface area contributed by atoms with Gasteiger partial charge in [0.25, 0.3) is 0 Å². The molecule has 4 heterocycles. The van der Waals surface area contributed by atoms with Crippen LogP contribution in [0.5, 0.6) is 0 Å². The average Bonchev–Trinajstić information content (AvgIpc) is 3.33. The Kier molecular flexibility index (Phi) is 7.68. The van der Waals surface area contributed by atoms with Crippen LogP contribution in [0.15, 0.2) is 48.9 Å². The number of aromatic nitrogens is 5. The summed E-state index contributed by atoms with van der Waals surface area (Å²) in [5, 5.41) is 3.33. The number of ether oxygens (including phenoxy) is 1. The Morgan fingerprint density at radius 2 is 1.88 bits per heavy atom. The van der Waals surface area contributed by atoms with Gasteiger partial charge in [0.15, 0.2) is 0 Å². The molecule has 2 N–H and O–H groups in total. The number of amides is 1. The van der Waals surface area contributed by atoms with Crippen molar-refractivity contribution in [2.45, 2.75) is 58.2 Å². The minimum absolute atomic E-state index is 0.242. The molecular formula is C31H39N9O2. The monoisotopic (exact) mass is 569 g/mol. The molecule has 42 heavy (non-hydrogen) atoms. The van der Waals surface area contributed by atoms with E-state index in [-0.39, 0.29) is 6.09 Å². The molecule has 0 unspecified atom stereocenters. The number of carbonyl (C=O) groups excluding carboxylic acids is 1. The fourth-order valence-corrected chi connectivity index (χ4v) is 5.32. The molecule has 2 aliphatic rings. The van der Waals surface area contributed by atoms with Gasteiger partial charge in [-0.15, -0.1) is 0 Å². The number of piperazine rings is 1. The minimum Gasteiger partial charge on any atom is -0.444 e. The van der Waals surface area contributed by atoms with E-state index in [1.165, 1.54) is 19.3 Å². The van der Waals surface area contributed by atoms with Crippen LogP contribution in [0.1, 0.15) is 45.6 Å². The summed E-state index contributed by atoms with van der Waals surface area (Å²) in [5.74, 6) is 2.30. The lowest BCUT2D eigenvalue weighted by Crippen LogP contribution is -2.49. The molecule has 1 saturated heterocycles. The van der Waals surface area contributed by atoms with Crippen molar-refractivity contribution in [1.82, 2.24) is 34.7 Å². The molecule has 1 aliphatic carbocycles. The van der Waals surface area contributed by atoms with E-state index < -0.39 is 5.60 Å². The lowest BCUT2D eigenvalue weighted by atomic mass is 9.92. The zero-order valence-electron chi connectivity index (χ0n) is 24.8. The third kappa shape index (κ3) is 6.46. The topological polar surface area (TPSA) is 115 Å². The highest BCUT2D eigenvalue weighted by Gasteiger charge is 2.26. The van der Waals surface area contributed by atoms with Crippen LogP contribution >= 0.6 is 0 Å². The maximum absolute atomic E-state index is 12.4. The molecule has 2 fully saturated rings. The molecule has 1 aromatic carbocycles. The van der Waals surface area contributed by atoms with Gasteiger partial charge in [-0.05, 0) is 69.9 Å². The number of aromatic amines is 1. The molecule has 220 valence electrons. The number of pyridine rings is 1. The number of imidazole rings is 1. The molecule has 1 aliphatic heterocycles. The van der Waals surface area contributed by atoms with Crippen molar-refractivity contribution in [3.63, 3.8) is 0 Å². The number of nitrogens with one attached hydrogen (secondary N) is 2. The van der Waals surface area contributed by atoms with Crippen LogP contribution < -0.4 is 10.2 Å². The van der Waals surface area contributed by atoms with Crippen molar-refractivity contribution in [1.29, 1.82) is 0 Å². The van der Waals surface area contributed by atoms with Crippen molar-refractivity contribution >= 4 is 34.7 Å². The fourth-order valence-electron chi connectivity index (χ4n) is 5.32. The van der Waals surface area contributed by atoms with Gasteiger partial charge in [0.2, 0.25) is 5.95 Å². The number of carbonyl (C=O) groups is 1. The van der Waals surface area contributed by atoms with Crippen LogP contribution in [-0.4, -0.2) is 85.7 Å². The number of hydrogen-bond acceptors (Lipinski definition) is 9. The van der Waals surface area contributed by atoms with E-state index in [1.54, 1.807) is 11.2 Å². The van der Waals surface area contributed by atoms with Crippen molar-refractivity contribution in [3.05, 3.63) is 54.5 Å². The SMILES string of the molecule is CN(c1cc(-c2ccc3nc(Nc4cc(CN5CCN(C(=O)OC(C)(C)C)CC5)ccn4)[nH]c3c2)ncn1)C1CCC1. The first kappa shape index (κ1) is 27.9. The molecule has 1 amide bonds. The lowest BCUT2D eigenvalue weighted by Gasteiger charge is -2.35. The zero-order chi connectivity index (χ0) is 29.3. The van der Waals surface area contributed by atoms with Gasteiger partial charge < -0.3 is 24.8 Å². The predicted molar refractivity (Wildman–Crippen MR) is 164 cm³/mol. The molecule has 0 atom stereocenters. The average molecular weight is 570 g/mol. The first-order chi connectivity index (χ1) is 20.2. The second-order valence-electron chi connectivity index (χ2n) is 12.2. The third-order valence-electron chi connectivity index (χ3n) is 7.92. The summed E-state index contributed by atoms with van der Waals surface area (Å²) in [5.41, 5.74) is 4.34. The number of rotatable bonds is 7. The van der Waals surface area contributed by atoms with Crippen LogP contribution in [0.2, 0.25) is 0 Å². The van der Waals surface area contributed by atoms with Gasteiger partial charge in [-0.3, -0.25) is 4.90 Å². The van der Waals surface area contributed by atoms with E-state index in [2.05, 4.69) is 54.2 Å². The van der Waals surface area contributed by atoms with E-state index in [0.717, 1.165) is 59.1 Å². The number of fused-ring (bicyclic) bond motifs is 1. The predicted octanol–water partition coefficient (Wildman–Crippen LogP) is 5.20. The Morgan fingerprint density at radius 1 is 1.07 bits per heavy atom. The summed E-state index contributed by atoms with van der Waals surface area (Å²) in [7, 11) is 2.11. The molecular weight excluding hydrogens is 530 g/mol. The van der Waals surface area contributed by atoms with Gasteiger partial charge in [-0.2, -0.15) is 0 Å². The normalized spacial score (nSPS) is 16.3. The van der Waals surface area contributed by atoms with E-state index >= 15 is 0 Å². The van der Waals surface area contributed by atoms with Crippen LogP contribution in [0, 0.1) is 0 Å². The first-order valence-corrected chi connectivity index (χ1v) is 14.7. The minimum atomic E-state index is -0.483. The largest absolute Gasteiger partial charge is 0.444 e. The van der Waals surface area contributed by atoms with Gasteiger partial charge in [0.05, 0.1) is 16.7 Å². The van der Waals surface area contributed by atoms with Crippen molar-refractivity contribution < 1.29 is 9.53 Å². The molecule has 11 nitrogen and oxygen atoms in total. The first-order valence-electron chi connectivity index (χ1n) is 14.7. The van der Waals surface area contributed by atoms with E-state index in [9.17, 15) is 4.79 Å². The van der Waals surface area contributed by atoms with Gasteiger partial charge in [0, 0.05) is 63.6 Å². The second kappa shape index (κ2) is 11.6. The number of hydrogen-bond donors (Lipinski definition) is 2. The molecule has 0 spiro atoms. The highest BCUT2D eigenvalue weighted by atomic mass is 16.6. The van der Waals surface area contributed by atoms with Gasteiger partial charge in [-0.25, -0.2) is 24.7 Å². The molecule has 11 heteroatoms. The van der Waals surface area contributed by atoms with Crippen molar-refractivity contribution in [2.24, 2.45) is 0 Å². The van der Waals surface area contributed by atoms with Gasteiger partial charge in [0.1, 0.15) is 23.6 Å². The maximum Gasteiger partial charge on any atom is 0.410 e. The molecule has 4 aromatic rings. The maximum atomic E-state index is 12.4. The Hall–Kier alpha value is -4.25. The summed E-state index contributed by atoms with van der Waals surface area (Å²) in [6.07, 6.45) is 6.93. The standard InChI is InChI=1S/C31H39N9O2/c1-31(2,3)42-30(41)40-14-12-39(13-15-40)19-21-10-11-32-27(16-21)37-29-35-24-9-8-22(17-26(24)36-29)25-18-28(34-20-33-25)38(4)23-6-5-7-23/h8-11,16-18,20,23H,5-7,12-15,19H2,1-4H3,(H2,32,35,36,37). The fraction of sp³-hybridized carbons (Fsp3) is 0.452. The van der Waals surface area contributed by atoms with E-state index in [0.29, 0.717) is 25.1 Å². The second-order valence-corrected chi connectivity index (χ2v) is 12.2.